The molecule has 186 valence electrons. The molecule has 1 fully saturated rings. The number of amides is 2. The van der Waals surface area contributed by atoms with E-state index in [1.54, 1.807) is 0 Å². The van der Waals surface area contributed by atoms with Gasteiger partial charge in [0.05, 0.1) is 5.92 Å². The van der Waals surface area contributed by atoms with Crippen LogP contribution < -0.4 is 10.6 Å². The van der Waals surface area contributed by atoms with Gasteiger partial charge in [-0.1, -0.05) is 68.8 Å². The van der Waals surface area contributed by atoms with Crippen LogP contribution in [0.15, 0.2) is 48.5 Å². The van der Waals surface area contributed by atoms with Crippen LogP contribution in [0.4, 0.5) is 4.79 Å². The quantitative estimate of drug-likeness (QED) is 0.485. The summed E-state index contributed by atoms with van der Waals surface area (Å²) in [6, 6.07) is 15.1. The van der Waals surface area contributed by atoms with Crippen molar-refractivity contribution in [1.29, 1.82) is 0 Å². The van der Waals surface area contributed by atoms with E-state index in [9.17, 15) is 19.5 Å². The van der Waals surface area contributed by atoms with Gasteiger partial charge < -0.3 is 20.5 Å². The summed E-state index contributed by atoms with van der Waals surface area (Å²) in [6.07, 6.45) is 2.50. The van der Waals surface area contributed by atoms with Crippen LogP contribution in [0.3, 0.4) is 0 Å². The van der Waals surface area contributed by atoms with Crippen LogP contribution in [0.1, 0.15) is 63.0 Å². The summed E-state index contributed by atoms with van der Waals surface area (Å²) in [6.45, 7) is 4.28. The van der Waals surface area contributed by atoms with Gasteiger partial charge in [0, 0.05) is 12.0 Å². The zero-order chi connectivity index (χ0) is 24.9. The lowest BCUT2D eigenvalue weighted by Gasteiger charge is -2.24. The summed E-state index contributed by atoms with van der Waals surface area (Å²) in [7, 11) is 0. The van der Waals surface area contributed by atoms with Crippen molar-refractivity contribution in [3.05, 3.63) is 59.7 Å². The van der Waals surface area contributed by atoms with E-state index in [0.29, 0.717) is 25.2 Å². The van der Waals surface area contributed by atoms with E-state index in [1.165, 1.54) is 0 Å². The van der Waals surface area contributed by atoms with Crippen LogP contribution in [-0.2, 0) is 14.3 Å². The molecule has 35 heavy (non-hydrogen) atoms. The van der Waals surface area contributed by atoms with Gasteiger partial charge in [-0.2, -0.15) is 0 Å². The van der Waals surface area contributed by atoms with Gasteiger partial charge in [-0.25, -0.2) is 4.79 Å². The molecule has 7 nitrogen and oxygen atoms in total. The molecule has 2 aliphatic rings. The van der Waals surface area contributed by atoms with Gasteiger partial charge in [-0.05, 0) is 53.9 Å². The monoisotopic (exact) mass is 478 g/mol. The standard InChI is InChI=1S/C28H34N2O5/c1-17(2)14-15-25(26(31)29-24-13-7-12-22(24)27(32)33)30-28(34)35-16-23-20-10-5-3-8-18(20)19-9-4-6-11-21(19)23/h3-6,8-11,17,22-25H,7,12-16H2,1-2H3,(H,29,31)(H,30,34)(H,32,33). The molecule has 2 aromatic rings. The molecule has 1 saturated carbocycles. The van der Waals surface area contributed by atoms with Crippen molar-refractivity contribution in [3.8, 4) is 11.1 Å². The number of nitrogens with one attached hydrogen (secondary N) is 2. The third-order valence-corrected chi connectivity index (χ3v) is 7.15. The molecule has 3 atom stereocenters. The van der Waals surface area contributed by atoms with E-state index in [2.05, 4.69) is 48.7 Å². The first-order valence-electron chi connectivity index (χ1n) is 12.5. The summed E-state index contributed by atoms with van der Waals surface area (Å²) in [5, 5.41) is 15.0. The van der Waals surface area contributed by atoms with Crippen molar-refractivity contribution >= 4 is 18.0 Å². The highest BCUT2D eigenvalue weighted by molar-refractivity contribution is 5.86. The van der Waals surface area contributed by atoms with Crippen LogP contribution in [-0.4, -0.2) is 41.8 Å². The fourth-order valence-electron chi connectivity index (χ4n) is 5.26. The molecule has 0 heterocycles. The number of carbonyl (C=O) groups excluding carboxylic acids is 2. The Kier molecular flexibility index (Phi) is 7.73. The summed E-state index contributed by atoms with van der Waals surface area (Å²) in [5.41, 5.74) is 4.54. The number of hydrogen-bond donors (Lipinski definition) is 3. The lowest BCUT2D eigenvalue weighted by molar-refractivity contribution is -0.142. The van der Waals surface area contributed by atoms with E-state index in [0.717, 1.165) is 35.1 Å². The largest absolute Gasteiger partial charge is 0.481 e. The number of benzene rings is 2. The van der Waals surface area contributed by atoms with Crippen molar-refractivity contribution in [1.82, 2.24) is 10.6 Å². The summed E-state index contributed by atoms with van der Waals surface area (Å²) in [5.74, 6) is -1.54. The molecule has 4 rings (SSSR count). The Morgan fingerprint density at radius 3 is 2.20 bits per heavy atom. The first-order valence-corrected chi connectivity index (χ1v) is 12.5. The minimum atomic E-state index is -0.893. The Morgan fingerprint density at radius 1 is 0.971 bits per heavy atom. The van der Waals surface area contributed by atoms with E-state index in [-0.39, 0.29) is 18.4 Å². The first-order chi connectivity index (χ1) is 16.8. The van der Waals surface area contributed by atoms with Crippen LogP contribution in [0.5, 0.6) is 0 Å². The molecule has 7 heteroatoms. The van der Waals surface area contributed by atoms with E-state index in [1.807, 2.05) is 24.3 Å². The smallest absolute Gasteiger partial charge is 0.407 e. The number of ether oxygens (including phenoxy) is 1. The second-order valence-electron chi connectivity index (χ2n) is 9.98. The summed E-state index contributed by atoms with van der Waals surface area (Å²) < 4.78 is 5.63. The summed E-state index contributed by atoms with van der Waals surface area (Å²) in [4.78, 5) is 37.3. The normalized spacial score (nSPS) is 19.6. The van der Waals surface area contributed by atoms with Gasteiger partial charge in [0.2, 0.25) is 5.91 Å². The Bertz CT molecular complexity index is 1040. The molecule has 2 aromatic carbocycles. The number of aliphatic carboxylic acids is 1. The number of hydrogen-bond acceptors (Lipinski definition) is 4. The molecule has 3 unspecified atom stereocenters. The second kappa shape index (κ2) is 10.9. The molecule has 0 saturated heterocycles. The van der Waals surface area contributed by atoms with Crippen LogP contribution in [0.25, 0.3) is 11.1 Å². The van der Waals surface area contributed by atoms with Crippen molar-refractivity contribution < 1.29 is 24.2 Å². The number of carbonyl (C=O) groups is 3. The number of rotatable bonds is 9. The third kappa shape index (κ3) is 5.66. The Morgan fingerprint density at radius 2 is 1.60 bits per heavy atom. The second-order valence-corrected chi connectivity index (χ2v) is 9.98. The maximum absolute atomic E-state index is 13.0. The highest BCUT2D eigenvalue weighted by Gasteiger charge is 2.36. The zero-order valence-electron chi connectivity index (χ0n) is 20.3. The summed E-state index contributed by atoms with van der Waals surface area (Å²) >= 11 is 0. The van der Waals surface area contributed by atoms with Gasteiger partial charge >= 0.3 is 12.1 Å². The molecule has 0 spiro atoms. The van der Waals surface area contributed by atoms with Crippen LogP contribution in [0, 0.1) is 11.8 Å². The lowest BCUT2D eigenvalue weighted by Crippen LogP contribution is -2.51. The highest BCUT2D eigenvalue weighted by atomic mass is 16.5. The molecular formula is C28H34N2O5. The predicted octanol–water partition coefficient (Wildman–Crippen LogP) is 4.70. The maximum atomic E-state index is 13.0. The Labute approximate surface area is 206 Å². The van der Waals surface area contributed by atoms with Crippen LogP contribution >= 0.6 is 0 Å². The van der Waals surface area contributed by atoms with E-state index < -0.39 is 30.1 Å². The van der Waals surface area contributed by atoms with Crippen molar-refractivity contribution in [2.45, 2.75) is 64.0 Å². The predicted molar refractivity (Wildman–Crippen MR) is 133 cm³/mol. The zero-order valence-corrected chi connectivity index (χ0v) is 20.3. The highest BCUT2D eigenvalue weighted by Crippen LogP contribution is 2.44. The van der Waals surface area contributed by atoms with E-state index >= 15 is 0 Å². The number of fused-ring (bicyclic) bond motifs is 3. The average molecular weight is 479 g/mol. The van der Waals surface area contributed by atoms with Crippen molar-refractivity contribution in [2.24, 2.45) is 11.8 Å². The minimum Gasteiger partial charge on any atom is -0.481 e. The van der Waals surface area contributed by atoms with Gasteiger partial charge in [0.1, 0.15) is 12.6 Å². The van der Waals surface area contributed by atoms with E-state index in [4.69, 9.17) is 4.74 Å². The fourth-order valence-corrected chi connectivity index (χ4v) is 5.26. The van der Waals surface area contributed by atoms with Crippen molar-refractivity contribution in [2.75, 3.05) is 6.61 Å². The molecular weight excluding hydrogens is 444 g/mol. The SMILES string of the molecule is CC(C)CCC(NC(=O)OCC1c2ccccc2-c2ccccc21)C(=O)NC1CCCC1C(=O)O. The van der Waals surface area contributed by atoms with Gasteiger partial charge in [-0.3, -0.25) is 9.59 Å². The lowest BCUT2D eigenvalue weighted by atomic mass is 9.98. The number of carboxylic acid groups (broad SMARTS) is 1. The topological polar surface area (TPSA) is 105 Å². The Hall–Kier alpha value is -3.35. The van der Waals surface area contributed by atoms with Gasteiger partial charge in [0.15, 0.2) is 0 Å². The number of alkyl carbamates (subject to hydrolysis) is 1. The molecule has 0 aromatic heterocycles. The molecule has 3 N–H and O–H groups in total. The Balaban J connectivity index is 1.40. The average Bonchev–Trinajstić information content (AvgIpc) is 3.43. The maximum Gasteiger partial charge on any atom is 0.407 e. The van der Waals surface area contributed by atoms with Gasteiger partial charge in [0.25, 0.3) is 0 Å². The van der Waals surface area contributed by atoms with Gasteiger partial charge in [-0.15, -0.1) is 0 Å². The minimum absolute atomic E-state index is 0.0640. The molecule has 0 aliphatic heterocycles. The fraction of sp³-hybridized carbons (Fsp3) is 0.464. The third-order valence-electron chi connectivity index (χ3n) is 7.15. The van der Waals surface area contributed by atoms with Crippen LogP contribution in [0.2, 0.25) is 0 Å². The first kappa shape index (κ1) is 24.8. The molecule has 2 aliphatic carbocycles. The van der Waals surface area contributed by atoms with Crippen molar-refractivity contribution in [3.63, 3.8) is 0 Å². The molecule has 0 bridgehead atoms. The molecule has 2 amide bonds. The molecule has 0 radical (unpaired) electrons. The number of carboxylic acids is 1.